The molecule has 3 nitrogen and oxygen atoms in total. The summed E-state index contributed by atoms with van der Waals surface area (Å²) in [5, 5.41) is 8.82. The van der Waals surface area contributed by atoms with Crippen molar-refractivity contribution in [3.05, 3.63) is 57.6 Å². The number of rotatable bonds is 3. The van der Waals surface area contributed by atoms with E-state index in [1.807, 2.05) is 35.0 Å². The van der Waals surface area contributed by atoms with Crippen LogP contribution in [0.25, 0.3) is 22.5 Å². The van der Waals surface area contributed by atoms with Gasteiger partial charge >= 0.3 is 0 Å². The molecule has 0 atom stereocenters. The van der Waals surface area contributed by atoms with E-state index in [-0.39, 0.29) is 5.89 Å². The molecule has 2 aromatic heterocycles. The van der Waals surface area contributed by atoms with Gasteiger partial charge in [0.05, 0.1) is 5.02 Å². The number of hydrogen-bond acceptors (Lipinski definition) is 4. The van der Waals surface area contributed by atoms with Crippen molar-refractivity contribution >= 4 is 45.6 Å². The minimum atomic E-state index is 0.271. The first-order valence-corrected chi connectivity index (χ1v) is 7.42. The molecule has 0 N–H and O–H groups in total. The predicted octanol–water partition coefficient (Wildman–Crippen LogP) is 5.19. The van der Waals surface area contributed by atoms with E-state index < -0.39 is 0 Å². The van der Waals surface area contributed by atoms with Crippen LogP contribution < -0.4 is 0 Å². The van der Waals surface area contributed by atoms with Crippen molar-refractivity contribution in [2.45, 2.75) is 0 Å². The Kier molecular flexibility index (Phi) is 3.87. The van der Waals surface area contributed by atoms with Gasteiger partial charge in [0, 0.05) is 5.56 Å². The molecule has 2 heterocycles. The number of hydrogen-bond donors (Lipinski definition) is 0. The van der Waals surface area contributed by atoms with Crippen molar-refractivity contribution in [2.75, 3.05) is 0 Å². The summed E-state index contributed by atoms with van der Waals surface area (Å²) < 4.78 is 5.17. The molecule has 100 valence electrons. The van der Waals surface area contributed by atoms with Gasteiger partial charge in [0.25, 0.3) is 5.89 Å². The molecule has 0 aliphatic carbocycles. The fraction of sp³-hybridized carbons (Fsp3) is 0. The molecule has 0 unspecified atom stereocenters. The Morgan fingerprint density at radius 1 is 1.25 bits per heavy atom. The first-order valence-electron chi connectivity index (χ1n) is 5.72. The second-order valence-electron chi connectivity index (χ2n) is 3.95. The standard InChI is InChI=1S/C14H8Cl2N2OS/c15-11-4-2-1-3-10(11)13-17-14(19-18-13)12(16)7-9-5-6-20-8-9/h1-8H/b12-7-. The zero-order valence-corrected chi connectivity index (χ0v) is 12.4. The summed E-state index contributed by atoms with van der Waals surface area (Å²) in [6.07, 6.45) is 1.78. The molecule has 0 saturated carbocycles. The van der Waals surface area contributed by atoms with Gasteiger partial charge in [-0.3, -0.25) is 0 Å². The van der Waals surface area contributed by atoms with Crippen molar-refractivity contribution in [3.63, 3.8) is 0 Å². The van der Waals surface area contributed by atoms with Gasteiger partial charge in [0.2, 0.25) is 5.82 Å². The van der Waals surface area contributed by atoms with Crippen LogP contribution in [0.5, 0.6) is 0 Å². The topological polar surface area (TPSA) is 38.9 Å². The molecule has 1 aromatic carbocycles. The highest BCUT2D eigenvalue weighted by Gasteiger charge is 2.13. The third kappa shape index (κ3) is 2.77. The summed E-state index contributed by atoms with van der Waals surface area (Å²) in [5.74, 6) is 0.690. The number of thiophene rings is 1. The number of nitrogens with zero attached hydrogens (tertiary/aromatic N) is 2. The highest BCUT2D eigenvalue weighted by Crippen LogP contribution is 2.28. The van der Waals surface area contributed by atoms with Crippen LogP contribution in [0.4, 0.5) is 0 Å². The molecule has 3 rings (SSSR count). The summed E-state index contributed by atoms with van der Waals surface area (Å²) in [6, 6.07) is 9.26. The van der Waals surface area contributed by atoms with E-state index in [0.29, 0.717) is 21.4 Å². The molecule has 6 heteroatoms. The van der Waals surface area contributed by atoms with Crippen LogP contribution in [0, 0.1) is 0 Å². The van der Waals surface area contributed by atoms with Gasteiger partial charge in [-0.2, -0.15) is 16.3 Å². The largest absolute Gasteiger partial charge is 0.333 e. The molecule has 20 heavy (non-hydrogen) atoms. The van der Waals surface area contributed by atoms with Gasteiger partial charge in [-0.1, -0.05) is 40.5 Å². The van der Waals surface area contributed by atoms with E-state index in [1.54, 1.807) is 23.5 Å². The zero-order valence-electron chi connectivity index (χ0n) is 10.1. The Morgan fingerprint density at radius 2 is 2.10 bits per heavy atom. The van der Waals surface area contributed by atoms with Crippen LogP contribution in [0.1, 0.15) is 11.5 Å². The first-order chi connectivity index (χ1) is 9.74. The van der Waals surface area contributed by atoms with Crippen LogP contribution in [0.3, 0.4) is 0 Å². The Bertz CT molecular complexity index is 750. The first kappa shape index (κ1) is 13.4. The molecule has 0 aliphatic heterocycles. The van der Waals surface area contributed by atoms with E-state index in [1.165, 1.54) is 0 Å². The van der Waals surface area contributed by atoms with Gasteiger partial charge < -0.3 is 4.52 Å². The summed E-state index contributed by atoms with van der Waals surface area (Å²) >= 11 is 13.9. The van der Waals surface area contributed by atoms with E-state index in [2.05, 4.69) is 10.1 Å². The molecule has 0 saturated heterocycles. The van der Waals surface area contributed by atoms with Crippen LogP contribution in [0.2, 0.25) is 5.02 Å². The van der Waals surface area contributed by atoms with Gasteiger partial charge in [-0.25, -0.2) is 0 Å². The quantitative estimate of drug-likeness (QED) is 0.666. The molecule has 0 fully saturated rings. The summed E-state index contributed by atoms with van der Waals surface area (Å²) in [6.45, 7) is 0. The van der Waals surface area contributed by atoms with Crippen molar-refractivity contribution in [1.29, 1.82) is 0 Å². The van der Waals surface area contributed by atoms with Crippen LogP contribution in [-0.4, -0.2) is 10.1 Å². The fourth-order valence-electron chi connectivity index (χ4n) is 1.64. The molecular formula is C14H8Cl2N2OS. The number of halogens is 2. The number of benzene rings is 1. The maximum Gasteiger partial charge on any atom is 0.269 e. The summed E-state index contributed by atoms with van der Waals surface area (Å²) in [7, 11) is 0. The van der Waals surface area contributed by atoms with Crippen molar-refractivity contribution < 1.29 is 4.52 Å². The maximum absolute atomic E-state index is 6.17. The van der Waals surface area contributed by atoms with Crippen molar-refractivity contribution in [3.8, 4) is 11.4 Å². The average molecular weight is 323 g/mol. The lowest BCUT2D eigenvalue weighted by molar-refractivity contribution is 0.410. The van der Waals surface area contributed by atoms with Crippen LogP contribution in [-0.2, 0) is 0 Å². The van der Waals surface area contributed by atoms with Gasteiger partial charge in [-0.05, 0) is 40.6 Å². The Balaban J connectivity index is 1.93. The Labute approximate surface area is 129 Å². The monoisotopic (exact) mass is 322 g/mol. The van der Waals surface area contributed by atoms with Crippen molar-refractivity contribution in [2.24, 2.45) is 0 Å². The molecule has 3 aromatic rings. The van der Waals surface area contributed by atoms with E-state index in [9.17, 15) is 0 Å². The Morgan fingerprint density at radius 3 is 2.85 bits per heavy atom. The smallest absolute Gasteiger partial charge is 0.269 e. The molecular weight excluding hydrogens is 315 g/mol. The Hall–Kier alpha value is -1.62. The predicted molar refractivity (Wildman–Crippen MR) is 82.8 cm³/mol. The van der Waals surface area contributed by atoms with Crippen LogP contribution >= 0.6 is 34.5 Å². The fourth-order valence-corrected chi connectivity index (χ4v) is 2.68. The third-order valence-corrected chi connectivity index (χ3v) is 3.88. The lowest BCUT2D eigenvalue weighted by atomic mass is 10.2. The third-order valence-electron chi connectivity index (χ3n) is 2.58. The van der Waals surface area contributed by atoms with Gasteiger partial charge in [0.15, 0.2) is 0 Å². The lowest BCUT2D eigenvalue weighted by Crippen LogP contribution is -1.82. The van der Waals surface area contributed by atoms with E-state index >= 15 is 0 Å². The maximum atomic E-state index is 6.17. The SMILES string of the molecule is Cl/C(=C\c1ccsc1)c1nc(-c2ccccc2Cl)no1. The number of aromatic nitrogens is 2. The normalized spacial score (nSPS) is 11.8. The van der Waals surface area contributed by atoms with Crippen molar-refractivity contribution in [1.82, 2.24) is 10.1 Å². The highest BCUT2D eigenvalue weighted by molar-refractivity contribution is 7.08. The van der Waals surface area contributed by atoms with E-state index in [4.69, 9.17) is 27.7 Å². The molecule has 0 amide bonds. The van der Waals surface area contributed by atoms with Gasteiger partial charge in [0.1, 0.15) is 5.03 Å². The molecule has 0 radical (unpaired) electrons. The molecule has 0 spiro atoms. The molecule has 0 aliphatic rings. The second kappa shape index (κ2) is 5.79. The molecule has 0 bridgehead atoms. The van der Waals surface area contributed by atoms with Gasteiger partial charge in [-0.15, -0.1) is 0 Å². The van der Waals surface area contributed by atoms with E-state index in [0.717, 1.165) is 5.56 Å². The highest BCUT2D eigenvalue weighted by atomic mass is 35.5. The minimum Gasteiger partial charge on any atom is -0.333 e. The average Bonchev–Trinajstić information content (AvgIpc) is 3.10. The second-order valence-corrected chi connectivity index (χ2v) is 5.55. The summed E-state index contributed by atoms with van der Waals surface area (Å²) in [5.41, 5.74) is 1.71. The zero-order chi connectivity index (χ0) is 13.9. The summed E-state index contributed by atoms with van der Waals surface area (Å²) in [4.78, 5) is 4.26. The minimum absolute atomic E-state index is 0.271. The van der Waals surface area contributed by atoms with Crippen LogP contribution in [0.15, 0.2) is 45.6 Å². The lowest BCUT2D eigenvalue weighted by Gasteiger charge is -1.95.